The summed E-state index contributed by atoms with van der Waals surface area (Å²) in [6.07, 6.45) is 1.00. The summed E-state index contributed by atoms with van der Waals surface area (Å²) < 4.78 is 9.92. The molecule has 1 aliphatic rings. The Morgan fingerprint density at radius 2 is 1.50 bits per heavy atom. The second kappa shape index (κ2) is 14.3. The Morgan fingerprint density at radius 1 is 0.868 bits per heavy atom. The average molecular weight is 524 g/mol. The van der Waals surface area contributed by atoms with Crippen LogP contribution in [0.2, 0.25) is 0 Å². The number of ether oxygens (including phenoxy) is 2. The maximum absolute atomic E-state index is 13.3. The van der Waals surface area contributed by atoms with Gasteiger partial charge in [-0.2, -0.15) is 0 Å². The first-order chi connectivity index (χ1) is 18.3. The van der Waals surface area contributed by atoms with Crippen molar-refractivity contribution in [3.63, 3.8) is 0 Å². The van der Waals surface area contributed by atoms with E-state index in [1.807, 2.05) is 68.4 Å². The predicted octanol–water partition coefficient (Wildman–Crippen LogP) is 2.35. The van der Waals surface area contributed by atoms with Crippen LogP contribution in [0.3, 0.4) is 0 Å². The summed E-state index contributed by atoms with van der Waals surface area (Å²) in [5, 5.41) is 8.14. The predicted molar refractivity (Wildman–Crippen MR) is 142 cm³/mol. The van der Waals surface area contributed by atoms with Gasteiger partial charge in [0, 0.05) is 19.6 Å². The van der Waals surface area contributed by atoms with E-state index in [0.717, 1.165) is 16.7 Å². The molecular formula is C29H37N3O6. The van der Waals surface area contributed by atoms with E-state index in [4.69, 9.17) is 9.47 Å². The summed E-state index contributed by atoms with van der Waals surface area (Å²) >= 11 is 0. The van der Waals surface area contributed by atoms with E-state index in [9.17, 15) is 19.2 Å². The van der Waals surface area contributed by atoms with Crippen LogP contribution in [0.1, 0.15) is 37.0 Å². The fraction of sp³-hybridized carbons (Fsp3) is 0.448. The highest BCUT2D eigenvalue weighted by molar-refractivity contribution is 6.38. The third-order valence-electron chi connectivity index (χ3n) is 6.36. The van der Waals surface area contributed by atoms with Crippen LogP contribution < -0.4 is 16.0 Å². The Labute approximate surface area is 223 Å². The summed E-state index contributed by atoms with van der Waals surface area (Å²) in [5.41, 5.74) is 3.10. The van der Waals surface area contributed by atoms with E-state index in [1.165, 1.54) is 7.11 Å². The molecule has 0 aromatic heterocycles. The Balaban J connectivity index is 1.70. The van der Waals surface area contributed by atoms with Crippen LogP contribution in [-0.2, 0) is 43.1 Å². The topological polar surface area (TPSA) is 123 Å². The molecule has 0 unspecified atom stereocenters. The van der Waals surface area contributed by atoms with Gasteiger partial charge in [0.25, 0.3) is 5.91 Å². The van der Waals surface area contributed by atoms with Crippen molar-refractivity contribution >= 4 is 23.7 Å². The van der Waals surface area contributed by atoms with Gasteiger partial charge in [-0.25, -0.2) is 4.79 Å². The SMILES string of the molecule is COCCOC(=O)N[C@@H](CC(C)C)C(=O)N[C@@H](Cc1ccccc1)C(=O)C(=O)NC1Cc2ccccc2C1. The minimum atomic E-state index is -1.10. The van der Waals surface area contributed by atoms with Gasteiger partial charge >= 0.3 is 6.09 Å². The molecule has 9 nitrogen and oxygen atoms in total. The Morgan fingerprint density at radius 3 is 2.11 bits per heavy atom. The summed E-state index contributed by atoms with van der Waals surface area (Å²) in [7, 11) is 1.49. The maximum Gasteiger partial charge on any atom is 0.407 e. The molecule has 3 rings (SSSR count). The zero-order valence-electron chi connectivity index (χ0n) is 22.2. The third kappa shape index (κ3) is 8.69. The number of carbonyl (C=O) groups is 4. The number of hydrogen-bond donors (Lipinski definition) is 3. The number of nitrogens with one attached hydrogen (secondary N) is 3. The lowest BCUT2D eigenvalue weighted by atomic mass is 9.99. The van der Waals surface area contributed by atoms with E-state index in [0.29, 0.717) is 19.3 Å². The highest BCUT2D eigenvalue weighted by Crippen LogP contribution is 2.21. The molecule has 0 saturated carbocycles. The van der Waals surface area contributed by atoms with Crippen molar-refractivity contribution in [3.8, 4) is 0 Å². The van der Waals surface area contributed by atoms with Crippen molar-refractivity contribution < 1.29 is 28.7 Å². The second-order valence-electron chi connectivity index (χ2n) is 9.92. The number of alkyl carbamates (subject to hydrolysis) is 1. The number of carbonyl (C=O) groups excluding carboxylic acids is 4. The first kappa shape index (κ1) is 28.8. The van der Waals surface area contributed by atoms with Crippen molar-refractivity contribution in [2.75, 3.05) is 20.3 Å². The average Bonchev–Trinajstić information content (AvgIpc) is 3.30. The zero-order chi connectivity index (χ0) is 27.5. The fourth-order valence-electron chi connectivity index (χ4n) is 4.51. The number of hydrogen-bond acceptors (Lipinski definition) is 6. The van der Waals surface area contributed by atoms with Crippen molar-refractivity contribution in [1.29, 1.82) is 0 Å². The number of benzene rings is 2. The molecule has 3 N–H and O–H groups in total. The van der Waals surface area contributed by atoms with Gasteiger partial charge in [0.2, 0.25) is 11.7 Å². The maximum atomic E-state index is 13.3. The number of rotatable bonds is 13. The smallest absolute Gasteiger partial charge is 0.407 e. The molecule has 3 amide bonds. The van der Waals surface area contributed by atoms with E-state index < -0.39 is 35.8 Å². The quantitative estimate of drug-likeness (QED) is 0.274. The van der Waals surface area contributed by atoms with Crippen LogP contribution in [0.4, 0.5) is 4.79 Å². The second-order valence-corrected chi connectivity index (χ2v) is 9.92. The van der Waals surface area contributed by atoms with Gasteiger partial charge in [0.1, 0.15) is 18.7 Å². The van der Waals surface area contributed by atoms with Gasteiger partial charge in [-0.05, 0) is 41.9 Å². The zero-order valence-corrected chi connectivity index (χ0v) is 22.2. The van der Waals surface area contributed by atoms with Crippen molar-refractivity contribution in [2.45, 2.75) is 57.7 Å². The molecule has 2 aromatic carbocycles. The van der Waals surface area contributed by atoms with Gasteiger partial charge in [-0.3, -0.25) is 14.4 Å². The van der Waals surface area contributed by atoms with Crippen molar-refractivity contribution in [1.82, 2.24) is 16.0 Å². The van der Waals surface area contributed by atoms with Gasteiger partial charge in [-0.15, -0.1) is 0 Å². The molecule has 9 heteroatoms. The van der Waals surface area contributed by atoms with E-state index >= 15 is 0 Å². The van der Waals surface area contributed by atoms with E-state index in [1.54, 1.807) is 0 Å². The van der Waals surface area contributed by atoms with Gasteiger partial charge in [0.05, 0.1) is 6.61 Å². The lowest BCUT2D eigenvalue weighted by Crippen LogP contribution is -2.55. The molecule has 0 fully saturated rings. The summed E-state index contributed by atoms with van der Waals surface area (Å²) in [6.45, 7) is 4.09. The summed E-state index contributed by atoms with van der Waals surface area (Å²) in [4.78, 5) is 51.8. The summed E-state index contributed by atoms with van der Waals surface area (Å²) in [6, 6.07) is 14.9. The lowest BCUT2D eigenvalue weighted by Gasteiger charge is -2.24. The first-order valence-electron chi connectivity index (χ1n) is 12.9. The first-order valence-corrected chi connectivity index (χ1v) is 12.9. The Kier molecular flexibility index (Phi) is 10.8. The highest BCUT2D eigenvalue weighted by Gasteiger charge is 2.33. The Hall–Kier alpha value is -3.72. The van der Waals surface area contributed by atoms with Gasteiger partial charge < -0.3 is 25.4 Å². The molecule has 0 saturated heterocycles. The molecule has 0 aliphatic heterocycles. The number of amides is 3. The van der Waals surface area contributed by atoms with Crippen LogP contribution in [0.5, 0.6) is 0 Å². The molecule has 204 valence electrons. The summed E-state index contributed by atoms with van der Waals surface area (Å²) in [5.74, 6) is -1.96. The van der Waals surface area contributed by atoms with Crippen molar-refractivity contribution in [2.24, 2.45) is 5.92 Å². The third-order valence-corrected chi connectivity index (χ3v) is 6.36. The highest BCUT2D eigenvalue weighted by atomic mass is 16.6. The number of fused-ring (bicyclic) bond motifs is 1. The molecule has 2 atom stereocenters. The monoisotopic (exact) mass is 523 g/mol. The number of Topliss-reactive ketones (excluding diaryl/α,β-unsaturated/α-hetero) is 1. The molecule has 2 aromatic rings. The number of methoxy groups -OCH3 is 1. The molecule has 0 bridgehead atoms. The molecule has 0 spiro atoms. The standard InChI is InChI=1S/C29H37N3O6/c1-19(2)15-25(32-29(36)38-14-13-37-3)27(34)31-24(16-20-9-5-4-6-10-20)26(33)28(35)30-23-17-21-11-7-8-12-22(21)18-23/h4-12,19,23-25H,13-18H2,1-3H3,(H,30,35)(H,31,34)(H,32,36)/t24-,25-/m0/s1. The van der Waals surface area contributed by atoms with Gasteiger partial charge in [-0.1, -0.05) is 68.4 Å². The van der Waals surface area contributed by atoms with Crippen molar-refractivity contribution in [3.05, 3.63) is 71.3 Å². The molecule has 1 aliphatic carbocycles. The Bertz CT molecular complexity index is 1080. The van der Waals surface area contributed by atoms with Crippen LogP contribution in [0.25, 0.3) is 0 Å². The number of ketones is 1. The lowest BCUT2D eigenvalue weighted by molar-refractivity contribution is -0.140. The minimum Gasteiger partial charge on any atom is -0.447 e. The minimum absolute atomic E-state index is 0.0404. The fourth-order valence-corrected chi connectivity index (χ4v) is 4.51. The van der Waals surface area contributed by atoms with Crippen LogP contribution in [0.15, 0.2) is 54.6 Å². The largest absolute Gasteiger partial charge is 0.447 e. The van der Waals surface area contributed by atoms with E-state index in [-0.39, 0.29) is 31.6 Å². The van der Waals surface area contributed by atoms with Gasteiger partial charge in [0.15, 0.2) is 0 Å². The molecule has 0 radical (unpaired) electrons. The van der Waals surface area contributed by atoms with Crippen LogP contribution in [0, 0.1) is 5.92 Å². The van der Waals surface area contributed by atoms with Crippen LogP contribution >= 0.6 is 0 Å². The normalized spacial score (nSPS) is 14.3. The molecular weight excluding hydrogens is 486 g/mol. The van der Waals surface area contributed by atoms with E-state index in [2.05, 4.69) is 16.0 Å². The molecule has 38 heavy (non-hydrogen) atoms. The van der Waals surface area contributed by atoms with Crippen LogP contribution in [-0.4, -0.2) is 62.1 Å². The molecule has 0 heterocycles.